The van der Waals surface area contributed by atoms with Crippen molar-refractivity contribution >= 4 is 6.03 Å². The van der Waals surface area contributed by atoms with Crippen LogP contribution in [-0.4, -0.2) is 36.7 Å². The number of carbonyl (C=O) groups excluding carboxylic acids is 1. The van der Waals surface area contributed by atoms with E-state index < -0.39 is 11.7 Å². The SMILES string of the molecule is C=CCNC(=O)N1CC(Oc2ccc(C(F)(F)F)cc2)C1. The average molecular weight is 300 g/mol. The molecule has 1 N–H and O–H groups in total. The minimum Gasteiger partial charge on any atom is -0.487 e. The van der Waals surface area contributed by atoms with Gasteiger partial charge in [-0.15, -0.1) is 6.58 Å². The van der Waals surface area contributed by atoms with Crippen LogP contribution in [0.2, 0.25) is 0 Å². The highest BCUT2D eigenvalue weighted by molar-refractivity contribution is 5.75. The van der Waals surface area contributed by atoms with Crippen molar-refractivity contribution in [2.24, 2.45) is 0 Å². The molecule has 7 heteroatoms. The predicted octanol–water partition coefficient (Wildman–Crippen LogP) is 2.66. The number of nitrogens with zero attached hydrogens (tertiary/aromatic N) is 1. The number of halogens is 3. The number of carbonyl (C=O) groups is 1. The summed E-state index contributed by atoms with van der Waals surface area (Å²) >= 11 is 0. The lowest BCUT2D eigenvalue weighted by Crippen LogP contribution is -2.58. The van der Waals surface area contributed by atoms with E-state index in [0.717, 1.165) is 12.1 Å². The largest absolute Gasteiger partial charge is 0.487 e. The summed E-state index contributed by atoms with van der Waals surface area (Å²) < 4.78 is 42.7. The van der Waals surface area contributed by atoms with Gasteiger partial charge in [-0.1, -0.05) is 6.08 Å². The zero-order valence-corrected chi connectivity index (χ0v) is 11.2. The number of benzene rings is 1. The molecule has 1 saturated heterocycles. The molecule has 1 aromatic carbocycles. The van der Waals surface area contributed by atoms with Crippen molar-refractivity contribution in [3.63, 3.8) is 0 Å². The first-order valence-electron chi connectivity index (χ1n) is 6.37. The molecule has 2 rings (SSSR count). The summed E-state index contributed by atoms with van der Waals surface area (Å²) in [6, 6.07) is 4.31. The van der Waals surface area contributed by atoms with Gasteiger partial charge in [0.15, 0.2) is 0 Å². The highest BCUT2D eigenvalue weighted by Gasteiger charge is 2.33. The Labute approximate surface area is 120 Å². The van der Waals surface area contributed by atoms with E-state index in [1.807, 2.05) is 0 Å². The molecular formula is C14H15F3N2O2. The Morgan fingerprint density at radius 3 is 2.52 bits per heavy atom. The van der Waals surface area contributed by atoms with Crippen LogP contribution in [0, 0.1) is 0 Å². The quantitative estimate of drug-likeness (QED) is 0.869. The summed E-state index contributed by atoms with van der Waals surface area (Å²) in [6.45, 7) is 4.70. The number of hydrogen-bond acceptors (Lipinski definition) is 2. The number of amides is 2. The Hall–Kier alpha value is -2.18. The van der Waals surface area contributed by atoms with Gasteiger partial charge in [0.1, 0.15) is 11.9 Å². The predicted molar refractivity (Wildman–Crippen MR) is 71.0 cm³/mol. The molecule has 0 spiro atoms. The van der Waals surface area contributed by atoms with E-state index in [2.05, 4.69) is 11.9 Å². The van der Waals surface area contributed by atoms with Crippen molar-refractivity contribution < 1.29 is 22.7 Å². The van der Waals surface area contributed by atoms with Gasteiger partial charge < -0.3 is 15.0 Å². The van der Waals surface area contributed by atoms with Crippen LogP contribution in [0.5, 0.6) is 5.75 Å². The maximum atomic E-state index is 12.4. The summed E-state index contributed by atoms with van der Waals surface area (Å²) in [6.07, 6.45) is -2.97. The van der Waals surface area contributed by atoms with Crippen molar-refractivity contribution in [2.45, 2.75) is 12.3 Å². The lowest BCUT2D eigenvalue weighted by atomic mass is 10.1. The third kappa shape index (κ3) is 3.90. The zero-order chi connectivity index (χ0) is 15.5. The van der Waals surface area contributed by atoms with Gasteiger partial charge in [0, 0.05) is 6.54 Å². The molecule has 1 aliphatic heterocycles. The van der Waals surface area contributed by atoms with Gasteiger partial charge >= 0.3 is 12.2 Å². The first-order valence-corrected chi connectivity index (χ1v) is 6.37. The number of nitrogens with one attached hydrogen (secondary N) is 1. The molecule has 0 unspecified atom stereocenters. The first kappa shape index (κ1) is 15.2. The number of urea groups is 1. The van der Waals surface area contributed by atoms with Gasteiger partial charge in [0.05, 0.1) is 18.7 Å². The lowest BCUT2D eigenvalue weighted by Gasteiger charge is -2.38. The molecule has 2 amide bonds. The summed E-state index contributed by atoms with van der Waals surface area (Å²) in [7, 11) is 0. The molecule has 0 aliphatic carbocycles. The van der Waals surface area contributed by atoms with E-state index in [0.29, 0.717) is 25.4 Å². The van der Waals surface area contributed by atoms with Crippen molar-refractivity contribution in [3.05, 3.63) is 42.5 Å². The second-order valence-electron chi connectivity index (χ2n) is 4.64. The zero-order valence-electron chi connectivity index (χ0n) is 11.2. The second kappa shape index (κ2) is 6.07. The number of ether oxygens (including phenoxy) is 1. The molecule has 21 heavy (non-hydrogen) atoms. The van der Waals surface area contributed by atoms with Crippen molar-refractivity contribution in [2.75, 3.05) is 19.6 Å². The molecule has 0 saturated carbocycles. The standard InChI is InChI=1S/C14H15F3N2O2/c1-2-7-18-13(20)19-8-12(9-19)21-11-5-3-10(4-6-11)14(15,16)17/h2-6,12H,1,7-9H2,(H,18,20). The summed E-state index contributed by atoms with van der Waals surface area (Å²) in [5, 5.41) is 2.63. The van der Waals surface area contributed by atoms with Crippen molar-refractivity contribution in [3.8, 4) is 5.75 Å². The molecule has 4 nitrogen and oxygen atoms in total. The van der Waals surface area contributed by atoms with Crippen LogP contribution in [0.4, 0.5) is 18.0 Å². The molecule has 1 aromatic rings. The summed E-state index contributed by atoms with van der Waals surface area (Å²) in [5.74, 6) is 0.360. The van der Waals surface area contributed by atoms with Gasteiger partial charge in [-0.3, -0.25) is 0 Å². The Bertz CT molecular complexity index is 508. The Balaban J connectivity index is 1.80. The molecule has 114 valence electrons. The molecule has 1 aliphatic rings. The monoisotopic (exact) mass is 300 g/mol. The van der Waals surface area contributed by atoms with E-state index in [-0.39, 0.29) is 12.1 Å². The van der Waals surface area contributed by atoms with Crippen molar-refractivity contribution in [1.82, 2.24) is 10.2 Å². The molecule has 0 bridgehead atoms. The van der Waals surface area contributed by atoms with Gasteiger partial charge in [-0.05, 0) is 24.3 Å². The minimum absolute atomic E-state index is 0.198. The van der Waals surface area contributed by atoms with Crippen LogP contribution in [0.15, 0.2) is 36.9 Å². The van der Waals surface area contributed by atoms with Gasteiger partial charge in [-0.2, -0.15) is 13.2 Å². The Morgan fingerprint density at radius 2 is 2.00 bits per heavy atom. The van der Waals surface area contributed by atoms with Crippen LogP contribution in [-0.2, 0) is 6.18 Å². The van der Waals surface area contributed by atoms with Gasteiger partial charge in [0.2, 0.25) is 0 Å². The van der Waals surface area contributed by atoms with E-state index in [9.17, 15) is 18.0 Å². The average Bonchev–Trinajstić information content (AvgIpc) is 2.39. The molecule has 0 aromatic heterocycles. The maximum Gasteiger partial charge on any atom is 0.416 e. The molecule has 1 fully saturated rings. The highest BCUT2D eigenvalue weighted by atomic mass is 19.4. The summed E-state index contributed by atoms with van der Waals surface area (Å²) in [4.78, 5) is 13.1. The number of hydrogen-bond donors (Lipinski definition) is 1. The molecule has 0 radical (unpaired) electrons. The van der Waals surface area contributed by atoms with Gasteiger partial charge in [0.25, 0.3) is 0 Å². The lowest BCUT2D eigenvalue weighted by molar-refractivity contribution is -0.137. The molecule has 1 heterocycles. The first-order chi connectivity index (χ1) is 9.90. The minimum atomic E-state index is -4.35. The fraction of sp³-hybridized carbons (Fsp3) is 0.357. The fourth-order valence-corrected chi connectivity index (χ4v) is 1.86. The third-order valence-corrected chi connectivity index (χ3v) is 3.02. The van der Waals surface area contributed by atoms with Crippen LogP contribution in [0.25, 0.3) is 0 Å². The van der Waals surface area contributed by atoms with Crippen LogP contribution in [0.1, 0.15) is 5.56 Å². The Kier molecular flexibility index (Phi) is 4.40. The number of likely N-dealkylation sites (tertiary alicyclic amines) is 1. The second-order valence-corrected chi connectivity index (χ2v) is 4.64. The molecule has 0 atom stereocenters. The molecular weight excluding hydrogens is 285 g/mol. The van der Waals surface area contributed by atoms with E-state index in [1.165, 1.54) is 12.1 Å². The van der Waals surface area contributed by atoms with Crippen LogP contribution < -0.4 is 10.1 Å². The summed E-state index contributed by atoms with van der Waals surface area (Å²) in [5.41, 5.74) is -0.714. The van der Waals surface area contributed by atoms with Gasteiger partial charge in [-0.25, -0.2) is 4.79 Å². The smallest absolute Gasteiger partial charge is 0.416 e. The highest BCUT2D eigenvalue weighted by Crippen LogP contribution is 2.30. The van der Waals surface area contributed by atoms with Crippen molar-refractivity contribution in [1.29, 1.82) is 0 Å². The number of rotatable bonds is 4. The van der Waals surface area contributed by atoms with E-state index in [1.54, 1.807) is 11.0 Å². The topological polar surface area (TPSA) is 41.6 Å². The third-order valence-electron chi connectivity index (χ3n) is 3.02. The van der Waals surface area contributed by atoms with Crippen LogP contribution in [0.3, 0.4) is 0 Å². The number of alkyl halides is 3. The van der Waals surface area contributed by atoms with Crippen LogP contribution >= 0.6 is 0 Å². The van der Waals surface area contributed by atoms with E-state index >= 15 is 0 Å². The maximum absolute atomic E-state index is 12.4. The van der Waals surface area contributed by atoms with E-state index in [4.69, 9.17) is 4.74 Å². The Morgan fingerprint density at radius 1 is 1.38 bits per heavy atom. The normalized spacial score (nSPS) is 15.3. The fourth-order valence-electron chi connectivity index (χ4n) is 1.86.